The Balaban J connectivity index is 2.10. The number of carbonyl (C=O) groups excluding carboxylic acids is 1. The van der Waals surface area contributed by atoms with Crippen molar-refractivity contribution in [3.05, 3.63) is 89.5 Å². The van der Waals surface area contributed by atoms with Crippen molar-refractivity contribution < 1.29 is 9.18 Å². The van der Waals surface area contributed by atoms with E-state index in [1.165, 1.54) is 19.1 Å². The van der Waals surface area contributed by atoms with Gasteiger partial charge in [-0.2, -0.15) is 0 Å². The summed E-state index contributed by atoms with van der Waals surface area (Å²) < 4.78 is 13.7. The molecule has 4 heteroatoms. The van der Waals surface area contributed by atoms with Crippen molar-refractivity contribution in [2.24, 2.45) is 0 Å². The molecule has 0 aliphatic carbocycles. The molecule has 0 aliphatic heterocycles. The maximum absolute atomic E-state index is 13.7. The highest BCUT2D eigenvalue weighted by Gasteiger charge is 2.12. The Bertz CT molecular complexity index is 1060. The molecule has 3 aromatic rings. The van der Waals surface area contributed by atoms with Gasteiger partial charge in [0.1, 0.15) is 5.82 Å². The van der Waals surface area contributed by atoms with Crippen LogP contribution in [0.3, 0.4) is 0 Å². The number of benzene rings is 2. The predicted octanol–water partition coefficient (Wildman–Crippen LogP) is 6.39. The normalized spacial score (nSPS) is 11.4. The molecule has 1 amide bonds. The fourth-order valence-corrected chi connectivity index (χ4v) is 3.27. The number of aryl methyl sites for hydroxylation is 1. The number of nitrogens with zero attached hydrogens (tertiary/aromatic N) is 1. The number of rotatable bonds is 6. The minimum absolute atomic E-state index is 0.104. The van der Waals surface area contributed by atoms with Crippen molar-refractivity contribution in [2.45, 2.75) is 33.6 Å². The Hall–Kier alpha value is -3.27. The minimum Gasteiger partial charge on any atom is -0.326 e. The Morgan fingerprint density at radius 3 is 2.62 bits per heavy atom. The van der Waals surface area contributed by atoms with E-state index in [0.717, 1.165) is 52.0 Å². The van der Waals surface area contributed by atoms with Gasteiger partial charge in [-0.05, 0) is 60.4 Å². The molecule has 0 spiro atoms. The van der Waals surface area contributed by atoms with Crippen molar-refractivity contribution in [3.63, 3.8) is 0 Å². The number of allylic oxidation sites excluding steroid dienone is 1. The number of aromatic nitrogens is 1. The third-order valence-electron chi connectivity index (χ3n) is 4.67. The van der Waals surface area contributed by atoms with E-state index in [-0.39, 0.29) is 11.7 Å². The molecule has 0 bridgehead atoms. The van der Waals surface area contributed by atoms with E-state index in [4.69, 9.17) is 0 Å². The standard InChI is InChI=1S/C25H25FN2O/c1-4-5-12-24(20-9-7-11-23(14-20)28-18(3)29)25-15-21(16-27-17(25)2)19-8-6-10-22(26)13-19/h6-16H,4-5H2,1-3H3,(H,28,29)/b24-12-. The lowest BCUT2D eigenvalue weighted by atomic mass is 9.93. The number of hydrogen-bond acceptors (Lipinski definition) is 2. The van der Waals surface area contributed by atoms with Crippen LogP contribution in [-0.4, -0.2) is 10.9 Å². The molecule has 0 aliphatic rings. The van der Waals surface area contributed by atoms with Gasteiger partial charge in [0.2, 0.25) is 5.91 Å². The molecule has 1 aromatic heterocycles. The van der Waals surface area contributed by atoms with Gasteiger partial charge in [0.05, 0.1) is 0 Å². The number of carbonyl (C=O) groups is 1. The third-order valence-corrected chi connectivity index (χ3v) is 4.67. The molecule has 0 unspecified atom stereocenters. The van der Waals surface area contributed by atoms with Gasteiger partial charge in [-0.1, -0.05) is 43.7 Å². The molecule has 3 rings (SSSR count). The average Bonchev–Trinajstić information content (AvgIpc) is 2.69. The lowest BCUT2D eigenvalue weighted by Gasteiger charge is -2.14. The molecule has 0 radical (unpaired) electrons. The molecule has 148 valence electrons. The molecule has 0 saturated carbocycles. The summed E-state index contributed by atoms with van der Waals surface area (Å²) in [6.45, 7) is 5.61. The summed E-state index contributed by atoms with van der Waals surface area (Å²) in [5, 5.41) is 2.84. The SMILES string of the molecule is CCC/C=C(/c1cccc(NC(C)=O)c1)c1cc(-c2cccc(F)c2)cnc1C. The van der Waals surface area contributed by atoms with Crippen LogP contribution in [0.15, 0.2) is 66.9 Å². The van der Waals surface area contributed by atoms with E-state index in [0.29, 0.717) is 0 Å². The fourth-order valence-electron chi connectivity index (χ4n) is 3.27. The zero-order chi connectivity index (χ0) is 20.8. The molecule has 29 heavy (non-hydrogen) atoms. The van der Waals surface area contributed by atoms with Crippen molar-refractivity contribution in [1.82, 2.24) is 4.98 Å². The van der Waals surface area contributed by atoms with Crippen molar-refractivity contribution >= 4 is 17.2 Å². The van der Waals surface area contributed by atoms with Crippen molar-refractivity contribution in [1.29, 1.82) is 0 Å². The largest absolute Gasteiger partial charge is 0.326 e. The van der Waals surface area contributed by atoms with Gasteiger partial charge in [0.25, 0.3) is 0 Å². The van der Waals surface area contributed by atoms with Gasteiger partial charge >= 0.3 is 0 Å². The van der Waals surface area contributed by atoms with Crippen LogP contribution >= 0.6 is 0 Å². The Morgan fingerprint density at radius 2 is 1.90 bits per heavy atom. The summed E-state index contributed by atoms with van der Waals surface area (Å²) in [5.41, 5.74) is 6.38. The molecular weight excluding hydrogens is 363 g/mol. The quantitative estimate of drug-likeness (QED) is 0.532. The van der Waals surface area contributed by atoms with Crippen LogP contribution in [0.1, 0.15) is 43.5 Å². The van der Waals surface area contributed by atoms with Crippen LogP contribution < -0.4 is 5.32 Å². The topological polar surface area (TPSA) is 42.0 Å². The smallest absolute Gasteiger partial charge is 0.221 e. The second kappa shape index (κ2) is 9.28. The number of amides is 1. The molecule has 3 nitrogen and oxygen atoms in total. The van der Waals surface area contributed by atoms with Gasteiger partial charge in [-0.25, -0.2) is 4.39 Å². The van der Waals surface area contributed by atoms with E-state index in [2.05, 4.69) is 29.4 Å². The van der Waals surface area contributed by atoms with Crippen LogP contribution in [0.5, 0.6) is 0 Å². The second-order valence-electron chi connectivity index (χ2n) is 7.04. The number of anilines is 1. The number of hydrogen-bond donors (Lipinski definition) is 1. The zero-order valence-electron chi connectivity index (χ0n) is 17.0. The van der Waals surface area contributed by atoms with Gasteiger partial charge in [0, 0.05) is 35.6 Å². The number of pyridine rings is 1. The molecule has 1 heterocycles. The molecule has 1 N–H and O–H groups in total. The predicted molar refractivity (Wildman–Crippen MR) is 117 cm³/mol. The first-order valence-corrected chi connectivity index (χ1v) is 9.79. The third kappa shape index (κ3) is 5.17. The summed E-state index contributed by atoms with van der Waals surface area (Å²) in [6.07, 6.45) is 5.92. The highest BCUT2D eigenvalue weighted by atomic mass is 19.1. The highest BCUT2D eigenvalue weighted by molar-refractivity contribution is 5.90. The second-order valence-corrected chi connectivity index (χ2v) is 7.04. The van der Waals surface area contributed by atoms with Gasteiger partial charge in [0.15, 0.2) is 0 Å². The molecular formula is C25H25FN2O. The van der Waals surface area contributed by atoms with Crippen molar-refractivity contribution in [3.8, 4) is 11.1 Å². The van der Waals surface area contributed by atoms with Crippen LogP contribution in [0, 0.1) is 12.7 Å². The van der Waals surface area contributed by atoms with Crippen molar-refractivity contribution in [2.75, 3.05) is 5.32 Å². The summed E-state index contributed by atoms with van der Waals surface area (Å²) in [5.74, 6) is -0.374. The summed E-state index contributed by atoms with van der Waals surface area (Å²) >= 11 is 0. The average molecular weight is 388 g/mol. The Morgan fingerprint density at radius 1 is 1.10 bits per heavy atom. The first kappa shape index (κ1) is 20.5. The fraction of sp³-hybridized carbons (Fsp3) is 0.200. The van der Waals surface area contributed by atoms with E-state index in [9.17, 15) is 9.18 Å². The molecule has 0 fully saturated rings. The summed E-state index contributed by atoms with van der Waals surface area (Å²) in [6, 6.07) is 16.4. The number of unbranched alkanes of at least 4 members (excludes halogenated alkanes) is 1. The van der Waals surface area contributed by atoms with E-state index in [1.807, 2.05) is 37.3 Å². The molecule has 0 saturated heterocycles. The number of halogens is 1. The minimum atomic E-state index is -0.269. The lowest BCUT2D eigenvalue weighted by molar-refractivity contribution is -0.114. The van der Waals surface area contributed by atoms with Crippen LogP contribution in [0.25, 0.3) is 16.7 Å². The van der Waals surface area contributed by atoms with E-state index >= 15 is 0 Å². The number of nitrogens with one attached hydrogen (secondary N) is 1. The highest BCUT2D eigenvalue weighted by Crippen LogP contribution is 2.31. The maximum Gasteiger partial charge on any atom is 0.221 e. The first-order chi connectivity index (χ1) is 14.0. The van der Waals surface area contributed by atoms with Gasteiger partial charge < -0.3 is 5.32 Å². The van der Waals surface area contributed by atoms with Gasteiger partial charge in [-0.3, -0.25) is 9.78 Å². The maximum atomic E-state index is 13.7. The Kier molecular flexibility index (Phi) is 6.55. The summed E-state index contributed by atoms with van der Waals surface area (Å²) in [4.78, 5) is 16.0. The monoisotopic (exact) mass is 388 g/mol. The summed E-state index contributed by atoms with van der Waals surface area (Å²) in [7, 11) is 0. The van der Waals surface area contributed by atoms with Crippen LogP contribution in [0.4, 0.5) is 10.1 Å². The van der Waals surface area contributed by atoms with E-state index in [1.54, 1.807) is 12.3 Å². The molecule has 2 aromatic carbocycles. The lowest BCUT2D eigenvalue weighted by Crippen LogP contribution is -2.06. The van der Waals surface area contributed by atoms with Crippen LogP contribution in [0.2, 0.25) is 0 Å². The zero-order valence-corrected chi connectivity index (χ0v) is 17.0. The first-order valence-electron chi connectivity index (χ1n) is 9.79. The molecule has 0 atom stereocenters. The van der Waals surface area contributed by atoms with E-state index < -0.39 is 0 Å². The van der Waals surface area contributed by atoms with Crippen LogP contribution in [-0.2, 0) is 4.79 Å². The Labute approximate surface area is 171 Å². The van der Waals surface area contributed by atoms with Gasteiger partial charge in [-0.15, -0.1) is 0 Å².